The predicted molar refractivity (Wildman–Crippen MR) is 70.2 cm³/mol. The molecule has 0 radical (unpaired) electrons. The molecule has 3 heterocycles. The first-order chi connectivity index (χ1) is 9.25. The van der Waals surface area contributed by atoms with E-state index < -0.39 is 0 Å². The van der Waals surface area contributed by atoms with Crippen molar-refractivity contribution in [2.45, 2.75) is 13.0 Å². The zero-order valence-corrected chi connectivity index (χ0v) is 11.4. The average molecular weight is 278 g/mol. The summed E-state index contributed by atoms with van der Waals surface area (Å²) >= 11 is 1.59. The average Bonchev–Trinajstić information content (AvgIpc) is 3.09. The number of amides is 1. The molecule has 0 spiro atoms. The lowest BCUT2D eigenvalue weighted by molar-refractivity contribution is -0.00379. The fourth-order valence-electron chi connectivity index (χ4n) is 2.18. The first-order valence-corrected chi connectivity index (χ1v) is 6.96. The van der Waals surface area contributed by atoms with Gasteiger partial charge in [-0.15, -0.1) is 11.3 Å². The number of carbonyl (C=O) groups excluding carboxylic acids is 1. The molecule has 3 rings (SSSR count). The molecule has 0 saturated carbocycles. The summed E-state index contributed by atoms with van der Waals surface area (Å²) in [6.07, 6.45) is 2.98. The summed E-state index contributed by atoms with van der Waals surface area (Å²) in [5, 5.41) is 2.99. The molecule has 2 aromatic rings. The van der Waals surface area contributed by atoms with E-state index in [4.69, 9.17) is 9.15 Å². The zero-order chi connectivity index (χ0) is 13.2. The van der Waals surface area contributed by atoms with E-state index in [1.54, 1.807) is 17.4 Å². The van der Waals surface area contributed by atoms with Gasteiger partial charge in [-0.05, 0) is 13.0 Å². The van der Waals surface area contributed by atoms with Crippen LogP contribution in [-0.4, -0.2) is 35.5 Å². The van der Waals surface area contributed by atoms with Crippen molar-refractivity contribution >= 4 is 17.2 Å². The van der Waals surface area contributed by atoms with Crippen molar-refractivity contribution < 1.29 is 13.9 Å². The summed E-state index contributed by atoms with van der Waals surface area (Å²) < 4.78 is 10.5. The smallest absolute Gasteiger partial charge is 0.257 e. The van der Waals surface area contributed by atoms with E-state index >= 15 is 0 Å². The summed E-state index contributed by atoms with van der Waals surface area (Å²) in [6, 6.07) is 1.57. The van der Waals surface area contributed by atoms with Gasteiger partial charge in [-0.2, -0.15) is 0 Å². The van der Waals surface area contributed by atoms with Crippen molar-refractivity contribution in [1.29, 1.82) is 0 Å². The molecule has 1 atom stereocenters. The Morgan fingerprint density at radius 2 is 2.47 bits per heavy atom. The highest BCUT2D eigenvalue weighted by atomic mass is 32.1. The van der Waals surface area contributed by atoms with E-state index in [-0.39, 0.29) is 11.9 Å². The maximum Gasteiger partial charge on any atom is 0.257 e. The molecule has 0 bridgehead atoms. The molecule has 19 heavy (non-hydrogen) atoms. The van der Waals surface area contributed by atoms with Gasteiger partial charge in [0.15, 0.2) is 0 Å². The monoisotopic (exact) mass is 278 g/mol. The number of aryl methyl sites for hydroxylation is 1. The number of hydrogen-bond acceptors (Lipinski definition) is 5. The summed E-state index contributed by atoms with van der Waals surface area (Å²) in [4.78, 5) is 18.7. The van der Waals surface area contributed by atoms with Crippen LogP contribution in [0, 0.1) is 6.92 Å². The molecule has 5 nitrogen and oxygen atoms in total. The van der Waals surface area contributed by atoms with E-state index in [9.17, 15) is 4.79 Å². The van der Waals surface area contributed by atoms with Gasteiger partial charge < -0.3 is 14.1 Å². The minimum absolute atomic E-state index is 0.0345. The van der Waals surface area contributed by atoms with Crippen molar-refractivity contribution in [2.24, 2.45) is 0 Å². The molecule has 1 saturated heterocycles. The number of hydrogen-bond donors (Lipinski definition) is 0. The van der Waals surface area contributed by atoms with E-state index in [1.807, 2.05) is 17.2 Å². The van der Waals surface area contributed by atoms with Gasteiger partial charge in [0, 0.05) is 11.9 Å². The summed E-state index contributed by atoms with van der Waals surface area (Å²) in [7, 11) is 0. The molecule has 1 fully saturated rings. The number of aromatic nitrogens is 1. The molecule has 0 aromatic carbocycles. The maximum absolute atomic E-state index is 12.4. The minimum Gasteiger partial charge on any atom is -0.472 e. The van der Waals surface area contributed by atoms with Crippen molar-refractivity contribution in [3.05, 3.63) is 40.2 Å². The van der Waals surface area contributed by atoms with Crippen LogP contribution in [0.1, 0.15) is 27.1 Å². The van der Waals surface area contributed by atoms with Gasteiger partial charge >= 0.3 is 0 Å². The molecule has 6 heteroatoms. The molecule has 1 aliphatic heterocycles. The van der Waals surface area contributed by atoms with Gasteiger partial charge in [-0.25, -0.2) is 4.98 Å². The zero-order valence-electron chi connectivity index (χ0n) is 10.5. The molecular weight excluding hydrogens is 264 g/mol. The maximum atomic E-state index is 12.4. The van der Waals surface area contributed by atoms with Gasteiger partial charge in [-0.1, -0.05) is 0 Å². The molecule has 1 aliphatic rings. The minimum atomic E-state index is -0.110. The lowest BCUT2D eigenvalue weighted by Crippen LogP contribution is -2.43. The first-order valence-electron chi connectivity index (χ1n) is 6.08. The molecule has 1 unspecified atom stereocenters. The topological polar surface area (TPSA) is 55.6 Å². The van der Waals surface area contributed by atoms with Crippen molar-refractivity contribution in [1.82, 2.24) is 9.88 Å². The Morgan fingerprint density at radius 3 is 3.16 bits per heavy atom. The molecule has 100 valence electrons. The third-order valence-corrected chi connectivity index (χ3v) is 3.93. The second-order valence-corrected chi connectivity index (χ2v) is 5.45. The lowest BCUT2D eigenvalue weighted by Gasteiger charge is -2.34. The fraction of sp³-hybridized carbons (Fsp3) is 0.385. The lowest BCUT2D eigenvalue weighted by atomic mass is 10.1. The second-order valence-electron chi connectivity index (χ2n) is 4.39. The normalized spacial score (nSPS) is 19.6. The molecule has 0 aliphatic carbocycles. The number of carbonyl (C=O) groups is 1. The van der Waals surface area contributed by atoms with Gasteiger partial charge in [-0.3, -0.25) is 4.79 Å². The second kappa shape index (κ2) is 5.14. The van der Waals surface area contributed by atoms with Crippen LogP contribution < -0.4 is 0 Å². The first kappa shape index (κ1) is 12.4. The largest absolute Gasteiger partial charge is 0.472 e. The van der Waals surface area contributed by atoms with Crippen molar-refractivity contribution in [3.63, 3.8) is 0 Å². The molecule has 2 aromatic heterocycles. The Bertz CT molecular complexity index is 564. The Kier molecular flexibility index (Phi) is 3.35. The van der Waals surface area contributed by atoms with Crippen LogP contribution in [0.3, 0.4) is 0 Å². The number of ether oxygens (including phenoxy) is 1. The Morgan fingerprint density at radius 1 is 1.58 bits per heavy atom. The Labute approximate surface area is 114 Å². The third-order valence-electron chi connectivity index (χ3n) is 3.14. The highest BCUT2D eigenvalue weighted by molar-refractivity contribution is 7.09. The van der Waals surface area contributed by atoms with Crippen molar-refractivity contribution in [3.8, 4) is 0 Å². The van der Waals surface area contributed by atoms with Gasteiger partial charge in [0.2, 0.25) is 0 Å². The van der Waals surface area contributed by atoms with E-state index in [1.165, 1.54) is 12.5 Å². The number of thiazole rings is 1. The predicted octanol–water partition coefficient (Wildman–Crippen LogP) is 2.26. The third kappa shape index (κ3) is 2.41. The van der Waals surface area contributed by atoms with Crippen molar-refractivity contribution in [2.75, 3.05) is 19.8 Å². The fourth-order valence-corrected chi connectivity index (χ4v) is 2.84. The van der Waals surface area contributed by atoms with Crippen LogP contribution in [0.4, 0.5) is 0 Å². The van der Waals surface area contributed by atoms with Crippen LogP contribution in [0.5, 0.6) is 0 Å². The van der Waals surface area contributed by atoms with E-state index in [0.29, 0.717) is 25.3 Å². The summed E-state index contributed by atoms with van der Waals surface area (Å²) in [5.41, 5.74) is 1.47. The van der Waals surface area contributed by atoms with E-state index in [2.05, 4.69) is 4.98 Å². The van der Waals surface area contributed by atoms with Gasteiger partial charge in [0.25, 0.3) is 5.91 Å². The highest BCUT2D eigenvalue weighted by Crippen LogP contribution is 2.27. The van der Waals surface area contributed by atoms with Crippen LogP contribution in [-0.2, 0) is 4.74 Å². The Hall–Kier alpha value is -1.66. The van der Waals surface area contributed by atoms with Gasteiger partial charge in [0.1, 0.15) is 6.26 Å². The standard InChI is InChI=1S/C13H14N2O3S/c1-9-14-11(8-19-9)12-7-18-5-3-15(12)13(16)10-2-4-17-6-10/h2,4,6,8,12H,3,5,7H2,1H3. The SMILES string of the molecule is Cc1nc(C2COCCN2C(=O)c2ccoc2)cs1. The van der Waals surface area contributed by atoms with Crippen LogP contribution in [0.15, 0.2) is 28.4 Å². The Balaban J connectivity index is 1.87. The molecular formula is C13H14N2O3S. The highest BCUT2D eigenvalue weighted by Gasteiger charge is 2.31. The summed E-state index contributed by atoms with van der Waals surface area (Å²) in [6.45, 7) is 3.58. The van der Waals surface area contributed by atoms with Crippen LogP contribution in [0.2, 0.25) is 0 Å². The molecule has 0 N–H and O–H groups in total. The summed E-state index contributed by atoms with van der Waals surface area (Å²) in [5.74, 6) is -0.0345. The number of morpholine rings is 1. The van der Waals surface area contributed by atoms with Crippen LogP contribution >= 0.6 is 11.3 Å². The van der Waals surface area contributed by atoms with Gasteiger partial charge in [0.05, 0.1) is 41.8 Å². The van der Waals surface area contributed by atoms with Crippen LogP contribution in [0.25, 0.3) is 0 Å². The quantitative estimate of drug-likeness (QED) is 0.845. The number of rotatable bonds is 2. The molecule has 1 amide bonds. The number of nitrogens with zero attached hydrogens (tertiary/aromatic N) is 2. The number of furan rings is 1. The van der Waals surface area contributed by atoms with E-state index in [0.717, 1.165) is 10.7 Å².